The van der Waals surface area contributed by atoms with Crippen molar-refractivity contribution in [2.75, 3.05) is 5.75 Å². The number of thioether (sulfide) groups is 1. The monoisotopic (exact) mass is 178 g/mol. The van der Waals surface area contributed by atoms with Crippen molar-refractivity contribution < 1.29 is 0 Å². The fraction of sp³-hybridized carbons (Fsp3) is 0.455. The molecule has 1 heteroatoms. The van der Waals surface area contributed by atoms with Crippen molar-refractivity contribution in [2.45, 2.75) is 24.5 Å². The maximum atomic E-state index is 2.36. The van der Waals surface area contributed by atoms with Crippen LogP contribution in [0.2, 0.25) is 0 Å². The number of rotatable bonds is 3. The lowest BCUT2D eigenvalue weighted by atomic mass is 10.0. The molecular weight excluding hydrogens is 164 g/mol. The maximum Gasteiger partial charge on any atom is 0.0226 e. The molecule has 1 atom stereocenters. The van der Waals surface area contributed by atoms with Gasteiger partial charge in [-0.2, -0.15) is 11.8 Å². The Balaban J connectivity index is 1.88. The summed E-state index contributed by atoms with van der Waals surface area (Å²) in [6.45, 7) is 2.36. The molecule has 1 aromatic rings. The molecule has 0 radical (unpaired) electrons. The molecule has 0 N–H and O–H groups in total. The molecule has 0 spiro atoms. The maximum absolute atomic E-state index is 2.36. The van der Waals surface area contributed by atoms with Crippen LogP contribution in [-0.4, -0.2) is 10.5 Å². The molecule has 1 heterocycles. The number of benzene rings is 1. The largest absolute Gasteiger partial charge is 0.153 e. The molecular formula is C11H14S. The molecule has 0 bridgehead atoms. The number of aryl methyl sites for hydroxylation is 1. The summed E-state index contributed by atoms with van der Waals surface area (Å²) in [5.41, 5.74) is 1.48. The molecule has 0 amide bonds. The Morgan fingerprint density at radius 3 is 2.58 bits per heavy atom. The van der Waals surface area contributed by atoms with E-state index in [0.717, 1.165) is 0 Å². The van der Waals surface area contributed by atoms with Crippen molar-refractivity contribution in [2.24, 2.45) is 0 Å². The zero-order chi connectivity index (χ0) is 8.44. The van der Waals surface area contributed by atoms with E-state index in [1.807, 2.05) is 0 Å². The van der Waals surface area contributed by atoms with Gasteiger partial charge in [0.05, 0.1) is 0 Å². The van der Waals surface area contributed by atoms with Gasteiger partial charge in [-0.25, -0.2) is 0 Å². The minimum Gasteiger partial charge on any atom is -0.153 e. The predicted octanol–water partition coefficient (Wildman–Crippen LogP) is 3.12. The Bertz CT molecular complexity index is 249. The highest BCUT2D eigenvalue weighted by atomic mass is 32.2. The van der Waals surface area contributed by atoms with Crippen molar-refractivity contribution >= 4 is 11.8 Å². The van der Waals surface area contributed by atoms with E-state index in [2.05, 4.69) is 49.0 Å². The molecule has 2 rings (SSSR count). The number of hydrogen-bond acceptors (Lipinski definition) is 1. The van der Waals surface area contributed by atoms with Crippen LogP contribution in [0.5, 0.6) is 0 Å². The Morgan fingerprint density at radius 1 is 1.33 bits per heavy atom. The van der Waals surface area contributed by atoms with Crippen LogP contribution < -0.4 is 0 Å². The highest BCUT2D eigenvalue weighted by Crippen LogP contribution is 2.47. The zero-order valence-corrected chi connectivity index (χ0v) is 8.23. The van der Waals surface area contributed by atoms with Gasteiger partial charge in [-0.15, -0.1) is 0 Å². The topological polar surface area (TPSA) is 0 Å². The van der Waals surface area contributed by atoms with E-state index in [1.165, 1.54) is 24.2 Å². The summed E-state index contributed by atoms with van der Waals surface area (Å²) in [7, 11) is 0. The molecule has 1 unspecified atom stereocenters. The molecule has 0 nitrogen and oxygen atoms in total. The third-order valence-electron chi connectivity index (χ3n) is 2.42. The Labute approximate surface area is 78.4 Å². The summed E-state index contributed by atoms with van der Waals surface area (Å²) in [6.07, 6.45) is 2.58. The summed E-state index contributed by atoms with van der Waals surface area (Å²) < 4.78 is 0.621. The van der Waals surface area contributed by atoms with E-state index >= 15 is 0 Å². The normalized spacial score (nSPS) is 27.1. The van der Waals surface area contributed by atoms with Gasteiger partial charge in [-0.05, 0) is 25.3 Å². The first kappa shape index (κ1) is 8.18. The van der Waals surface area contributed by atoms with Gasteiger partial charge < -0.3 is 0 Å². The van der Waals surface area contributed by atoms with E-state index in [9.17, 15) is 0 Å². The minimum absolute atomic E-state index is 0.621. The van der Waals surface area contributed by atoms with Crippen molar-refractivity contribution in [1.82, 2.24) is 0 Å². The summed E-state index contributed by atoms with van der Waals surface area (Å²) in [6, 6.07) is 10.8. The second-order valence-electron chi connectivity index (χ2n) is 3.72. The first-order valence-corrected chi connectivity index (χ1v) is 5.45. The lowest BCUT2D eigenvalue weighted by molar-refractivity contribution is 0.702. The van der Waals surface area contributed by atoms with Gasteiger partial charge in [0, 0.05) is 10.5 Å². The summed E-state index contributed by atoms with van der Waals surface area (Å²) in [5, 5.41) is 0. The van der Waals surface area contributed by atoms with Crippen LogP contribution in [0.1, 0.15) is 18.9 Å². The first-order chi connectivity index (χ1) is 5.79. The Morgan fingerprint density at radius 2 is 2.00 bits per heavy atom. The zero-order valence-electron chi connectivity index (χ0n) is 7.42. The lowest BCUT2D eigenvalue weighted by Crippen LogP contribution is -2.03. The third kappa shape index (κ3) is 2.04. The Hall–Kier alpha value is -0.430. The van der Waals surface area contributed by atoms with Gasteiger partial charge in [0.25, 0.3) is 0 Å². The summed E-state index contributed by atoms with van der Waals surface area (Å²) >= 11 is 2.09. The standard InChI is InChI=1S/C11H14S/c1-11(9-12-11)8-7-10-5-3-2-4-6-10/h2-6H,7-9H2,1H3. The average molecular weight is 178 g/mol. The molecule has 1 aliphatic rings. The summed E-state index contributed by atoms with van der Waals surface area (Å²) in [5.74, 6) is 1.36. The highest BCUT2D eigenvalue weighted by Gasteiger charge is 2.37. The van der Waals surface area contributed by atoms with Crippen molar-refractivity contribution in [3.05, 3.63) is 35.9 Å². The SMILES string of the molecule is CC1(CCc2ccccc2)CS1. The van der Waals surface area contributed by atoms with Crippen LogP contribution >= 0.6 is 11.8 Å². The van der Waals surface area contributed by atoms with Gasteiger partial charge >= 0.3 is 0 Å². The molecule has 1 aliphatic heterocycles. The van der Waals surface area contributed by atoms with Crippen LogP contribution in [0.15, 0.2) is 30.3 Å². The third-order valence-corrected chi connectivity index (χ3v) is 3.90. The molecule has 1 saturated heterocycles. The molecule has 1 aromatic carbocycles. The van der Waals surface area contributed by atoms with Gasteiger partial charge in [0.15, 0.2) is 0 Å². The van der Waals surface area contributed by atoms with Crippen LogP contribution in [0.3, 0.4) is 0 Å². The second kappa shape index (κ2) is 3.14. The first-order valence-electron chi connectivity index (χ1n) is 4.46. The van der Waals surface area contributed by atoms with Gasteiger partial charge in [-0.3, -0.25) is 0 Å². The quantitative estimate of drug-likeness (QED) is 0.641. The lowest BCUT2D eigenvalue weighted by Gasteiger charge is -2.05. The predicted molar refractivity (Wildman–Crippen MR) is 55.6 cm³/mol. The second-order valence-corrected chi connectivity index (χ2v) is 5.29. The van der Waals surface area contributed by atoms with E-state index in [-0.39, 0.29) is 0 Å². The van der Waals surface area contributed by atoms with E-state index in [0.29, 0.717) is 4.75 Å². The smallest absolute Gasteiger partial charge is 0.0226 e. The van der Waals surface area contributed by atoms with Gasteiger partial charge in [0.1, 0.15) is 0 Å². The van der Waals surface area contributed by atoms with Crippen LogP contribution in [0.25, 0.3) is 0 Å². The summed E-state index contributed by atoms with van der Waals surface area (Å²) in [4.78, 5) is 0. The molecule has 0 saturated carbocycles. The molecule has 0 aromatic heterocycles. The Kier molecular flexibility index (Phi) is 2.14. The van der Waals surface area contributed by atoms with Crippen molar-refractivity contribution in [1.29, 1.82) is 0 Å². The van der Waals surface area contributed by atoms with Crippen LogP contribution in [0.4, 0.5) is 0 Å². The molecule has 12 heavy (non-hydrogen) atoms. The van der Waals surface area contributed by atoms with Crippen LogP contribution in [-0.2, 0) is 6.42 Å². The fourth-order valence-corrected chi connectivity index (χ4v) is 1.96. The van der Waals surface area contributed by atoms with Crippen LogP contribution in [0, 0.1) is 0 Å². The van der Waals surface area contributed by atoms with E-state index in [1.54, 1.807) is 0 Å². The van der Waals surface area contributed by atoms with Crippen molar-refractivity contribution in [3.63, 3.8) is 0 Å². The molecule has 64 valence electrons. The fourth-order valence-electron chi connectivity index (χ4n) is 1.32. The average Bonchev–Trinajstić information content (AvgIpc) is 2.84. The van der Waals surface area contributed by atoms with Gasteiger partial charge in [-0.1, -0.05) is 30.3 Å². The molecule has 0 aliphatic carbocycles. The minimum atomic E-state index is 0.621. The molecule has 1 fully saturated rings. The van der Waals surface area contributed by atoms with Gasteiger partial charge in [0.2, 0.25) is 0 Å². The highest BCUT2D eigenvalue weighted by molar-refractivity contribution is 8.07. The van der Waals surface area contributed by atoms with E-state index < -0.39 is 0 Å². The van der Waals surface area contributed by atoms with Crippen molar-refractivity contribution in [3.8, 4) is 0 Å². The number of hydrogen-bond donors (Lipinski definition) is 0. The van der Waals surface area contributed by atoms with E-state index in [4.69, 9.17) is 0 Å².